The number of anilines is 2. The van der Waals surface area contributed by atoms with Gasteiger partial charge in [0, 0.05) is 31.9 Å². The number of benzene rings is 2. The summed E-state index contributed by atoms with van der Waals surface area (Å²) in [6, 6.07) is 10.7. The average molecular weight is 897 g/mol. The molecule has 0 radical (unpaired) electrons. The molecule has 8 heteroatoms. The van der Waals surface area contributed by atoms with Gasteiger partial charge in [-0.3, -0.25) is 29.0 Å². The van der Waals surface area contributed by atoms with Crippen molar-refractivity contribution in [3.63, 3.8) is 0 Å². The van der Waals surface area contributed by atoms with Gasteiger partial charge < -0.3 is 0 Å². The highest BCUT2D eigenvalue weighted by Crippen LogP contribution is 2.46. The second-order valence-electron chi connectivity index (χ2n) is 16.2. The summed E-state index contributed by atoms with van der Waals surface area (Å²) in [4.78, 5) is 62.9. The van der Waals surface area contributed by atoms with Crippen molar-refractivity contribution >= 4 is 66.6 Å². The number of rotatable bonds is 26. The van der Waals surface area contributed by atoms with E-state index in [0.29, 0.717) is 22.5 Å². The highest BCUT2D eigenvalue weighted by atomic mass is 79.9. The van der Waals surface area contributed by atoms with Crippen molar-refractivity contribution in [2.45, 2.75) is 182 Å². The lowest BCUT2D eigenvalue weighted by atomic mass is 9.92. The Morgan fingerprint density at radius 3 is 1.07 bits per heavy atom. The van der Waals surface area contributed by atoms with Gasteiger partial charge in [-0.2, -0.15) is 0 Å². The Morgan fingerprint density at radius 2 is 0.750 bits per heavy atom. The van der Waals surface area contributed by atoms with Crippen molar-refractivity contribution < 1.29 is 19.2 Å². The van der Waals surface area contributed by atoms with E-state index in [-0.39, 0.29) is 46.6 Å². The average Bonchev–Trinajstić information content (AvgIpc) is 3.63. The molecule has 0 aliphatic carbocycles. The van der Waals surface area contributed by atoms with Gasteiger partial charge >= 0.3 is 0 Å². The summed E-state index contributed by atoms with van der Waals surface area (Å²) in [6.45, 7) is 8.81. The van der Waals surface area contributed by atoms with Crippen LogP contribution in [0.4, 0.5) is 11.4 Å². The molecule has 2 amide bonds. The summed E-state index contributed by atoms with van der Waals surface area (Å²) in [6.07, 6.45) is 24.8. The molecular weight excluding hydrogens is 828 g/mol. The van der Waals surface area contributed by atoms with Gasteiger partial charge in [0.2, 0.25) is 23.4 Å². The monoisotopic (exact) mass is 894 g/mol. The van der Waals surface area contributed by atoms with E-state index in [4.69, 9.17) is 0 Å². The number of allylic oxidation sites excluding steroid dienone is 2. The first-order valence-electron chi connectivity index (χ1n) is 22.3. The summed E-state index contributed by atoms with van der Waals surface area (Å²) in [5.41, 5.74) is 1.79. The van der Waals surface area contributed by atoms with Crippen LogP contribution in [0.1, 0.15) is 203 Å². The number of hydrogen-bond acceptors (Lipinski definition) is 4. The lowest BCUT2D eigenvalue weighted by Crippen LogP contribution is -2.41. The third kappa shape index (κ3) is 12.2. The van der Waals surface area contributed by atoms with E-state index in [0.717, 1.165) is 125 Å². The van der Waals surface area contributed by atoms with Crippen molar-refractivity contribution in [3.05, 3.63) is 67.9 Å². The fourth-order valence-corrected chi connectivity index (χ4v) is 9.17. The Labute approximate surface area is 355 Å². The van der Waals surface area contributed by atoms with Crippen molar-refractivity contribution in [3.8, 4) is 0 Å². The predicted octanol–water partition coefficient (Wildman–Crippen LogP) is 14.9. The number of fused-ring (bicyclic) bond motifs is 2. The molecule has 0 N–H and O–H groups in total. The van der Waals surface area contributed by atoms with Crippen LogP contribution in [0.15, 0.2) is 56.7 Å². The lowest BCUT2D eigenvalue weighted by molar-refractivity contribution is -0.123. The number of amides is 2. The summed E-state index contributed by atoms with van der Waals surface area (Å²) in [7, 11) is 0. The number of carbonyl (C=O) groups is 4. The quantitative estimate of drug-likeness (QED) is 0.0696. The van der Waals surface area contributed by atoms with Crippen molar-refractivity contribution in [1.29, 1.82) is 0 Å². The molecule has 2 aliphatic rings. The number of hydrogen-bond donors (Lipinski definition) is 0. The maximum Gasteiger partial charge on any atom is 0.234 e. The van der Waals surface area contributed by atoms with Crippen LogP contribution in [-0.4, -0.2) is 23.4 Å². The van der Waals surface area contributed by atoms with Crippen LogP contribution in [-0.2, 0) is 9.59 Å². The summed E-state index contributed by atoms with van der Waals surface area (Å²) in [5.74, 6) is -1.67. The molecule has 6 nitrogen and oxygen atoms in total. The third-order valence-corrected chi connectivity index (χ3v) is 12.7. The Morgan fingerprint density at radius 1 is 0.464 bits per heavy atom. The molecule has 2 aromatic carbocycles. The zero-order valence-corrected chi connectivity index (χ0v) is 38.0. The van der Waals surface area contributed by atoms with E-state index in [9.17, 15) is 9.59 Å². The van der Waals surface area contributed by atoms with E-state index >= 15 is 9.59 Å². The minimum atomic E-state index is -0.381. The van der Waals surface area contributed by atoms with Gasteiger partial charge in [0.15, 0.2) is 0 Å². The minimum absolute atomic E-state index is 0.0274. The van der Waals surface area contributed by atoms with E-state index in [1.165, 1.54) is 38.5 Å². The number of nitrogens with zero attached hydrogens (tertiary/aromatic N) is 2. The van der Waals surface area contributed by atoms with E-state index in [1.807, 2.05) is 24.3 Å². The van der Waals surface area contributed by atoms with Crippen LogP contribution in [0.3, 0.4) is 0 Å². The van der Waals surface area contributed by atoms with Gasteiger partial charge in [0.05, 0.1) is 11.4 Å². The molecule has 2 atom stereocenters. The zero-order valence-electron chi connectivity index (χ0n) is 34.9. The van der Waals surface area contributed by atoms with E-state index in [2.05, 4.69) is 59.6 Å². The second kappa shape index (κ2) is 24.4. The molecule has 2 aromatic rings. The highest BCUT2D eigenvalue weighted by molar-refractivity contribution is 9.10. The largest absolute Gasteiger partial charge is 0.287 e. The first-order chi connectivity index (χ1) is 27.2. The molecule has 2 unspecified atom stereocenters. The number of ketones is 2. The van der Waals surface area contributed by atoms with Crippen molar-refractivity contribution in [2.75, 3.05) is 9.80 Å². The molecule has 0 saturated carbocycles. The fraction of sp³-hybridized carbons (Fsp3) is 0.625. The summed E-state index contributed by atoms with van der Waals surface area (Å²) in [5, 5.41) is 0. The molecule has 308 valence electrons. The molecule has 0 fully saturated rings. The van der Waals surface area contributed by atoms with Crippen molar-refractivity contribution in [2.24, 2.45) is 11.8 Å². The smallest absolute Gasteiger partial charge is 0.234 e. The predicted molar refractivity (Wildman–Crippen MR) is 239 cm³/mol. The standard InChI is InChI=1S/C48H68Br2N2O4/c1-5-9-13-17-19-23-27-35(25-21-15-11-7-3)47(55)51-41-33-37(49)29-31-39(41)45(53)43(51)44-46(54)40-32-30-38(50)34-42(40)52(44)48(56)36(26-22-16-12-8-4)28-24-20-18-14-10-6-2/h29-36H,5-28H2,1-4H3/b44-43+. The van der Waals surface area contributed by atoms with Crippen LogP contribution in [0, 0.1) is 11.8 Å². The summed E-state index contributed by atoms with van der Waals surface area (Å²) >= 11 is 7.21. The molecule has 2 heterocycles. The number of unbranched alkanes of at least 4 members (excludes halogenated alkanes) is 16. The number of halogens is 2. The van der Waals surface area contributed by atoms with Crippen LogP contribution in [0.5, 0.6) is 0 Å². The molecule has 0 aromatic heterocycles. The van der Waals surface area contributed by atoms with Gasteiger partial charge in [-0.15, -0.1) is 0 Å². The highest BCUT2D eigenvalue weighted by Gasteiger charge is 2.48. The van der Waals surface area contributed by atoms with Gasteiger partial charge in [-0.1, -0.05) is 188 Å². The van der Waals surface area contributed by atoms with Gasteiger partial charge in [0.1, 0.15) is 11.4 Å². The molecule has 0 bridgehead atoms. The van der Waals surface area contributed by atoms with Crippen LogP contribution < -0.4 is 9.80 Å². The maximum absolute atomic E-state index is 15.2. The molecule has 0 spiro atoms. The van der Waals surface area contributed by atoms with Crippen LogP contribution in [0.2, 0.25) is 0 Å². The van der Waals surface area contributed by atoms with Gasteiger partial charge in [-0.25, -0.2) is 0 Å². The van der Waals surface area contributed by atoms with Crippen LogP contribution >= 0.6 is 31.9 Å². The topological polar surface area (TPSA) is 74.8 Å². The lowest BCUT2D eigenvalue weighted by Gasteiger charge is -2.29. The van der Waals surface area contributed by atoms with E-state index in [1.54, 1.807) is 21.9 Å². The Bertz CT molecular complexity index is 1530. The minimum Gasteiger partial charge on any atom is -0.287 e. The second-order valence-corrected chi connectivity index (χ2v) is 18.1. The first-order valence-corrected chi connectivity index (χ1v) is 23.9. The molecule has 56 heavy (non-hydrogen) atoms. The number of Topliss-reactive ketones (excluding diaryl/α,β-unsaturated/α-hetero) is 2. The summed E-state index contributed by atoms with van der Waals surface area (Å²) < 4.78 is 1.49. The van der Waals surface area contributed by atoms with Gasteiger partial charge in [-0.05, 0) is 62.1 Å². The van der Waals surface area contributed by atoms with Gasteiger partial charge in [0.25, 0.3) is 0 Å². The Balaban J connectivity index is 1.81. The Hall–Kier alpha value is -2.58. The molecule has 0 saturated heterocycles. The maximum atomic E-state index is 15.2. The number of carbonyl (C=O) groups excluding carboxylic acids is 4. The fourth-order valence-electron chi connectivity index (χ4n) is 8.47. The molecule has 2 aliphatic heterocycles. The zero-order chi connectivity index (χ0) is 40.5. The van der Waals surface area contributed by atoms with E-state index < -0.39 is 0 Å². The Kier molecular flexibility index (Phi) is 20.1. The van der Waals surface area contributed by atoms with Crippen molar-refractivity contribution in [1.82, 2.24) is 0 Å². The first kappa shape index (κ1) is 46.1. The normalized spacial score (nSPS) is 16.1. The van der Waals surface area contributed by atoms with Crippen LogP contribution in [0.25, 0.3) is 0 Å². The SMILES string of the molecule is CCCCCCCCC(CCCCCC)C(=O)N1/C(=C2\C(=O)c3ccc(Br)cc3N2C(=O)C(CCCCCC)CCCCCCCC)C(=O)c2ccc(Br)cc21. The molecule has 4 rings (SSSR count). The third-order valence-electron chi connectivity index (χ3n) is 11.8. The molecular formula is C48H68Br2N2O4.